The summed E-state index contributed by atoms with van der Waals surface area (Å²) in [5, 5.41) is 9.47. The summed E-state index contributed by atoms with van der Waals surface area (Å²) in [6.07, 6.45) is 3.42. The number of hydrogen-bond donors (Lipinski definition) is 0. The number of ether oxygens (including phenoxy) is 1. The zero-order valence-electron chi connectivity index (χ0n) is 15.6. The average Bonchev–Trinajstić information content (AvgIpc) is 3.18. The number of rotatable bonds is 6. The SMILES string of the molecule is Cc1oc(-n2cccc2)c(C#N)c1C(=O)OCC(=O)N(C(C)C)C(C)C. The molecular weight excluding hydrogens is 334 g/mol. The maximum atomic E-state index is 12.5. The molecule has 0 fully saturated rings. The van der Waals surface area contributed by atoms with Gasteiger partial charge in [0.25, 0.3) is 5.91 Å². The normalized spacial score (nSPS) is 10.8. The first kappa shape index (κ1) is 19.3. The first-order valence-corrected chi connectivity index (χ1v) is 8.43. The molecule has 1 amide bonds. The Balaban J connectivity index is 2.21. The number of nitrogens with zero attached hydrogens (tertiary/aromatic N) is 3. The Hall–Kier alpha value is -3.01. The van der Waals surface area contributed by atoms with E-state index < -0.39 is 5.97 Å². The molecule has 7 nitrogen and oxygen atoms in total. The summed E-state index contributed by atoms with van der Waals surface area (Å²) in [7, 11) is 0. The van der Waals surface area contributed by atoms with Gasteiger partial charge in [-0.1, -0.05) is 0 Å². The first-order valence-electron chi connectivity index (χ1n) is 8.43. The van der Waals surface area contributed by atoms with E-state index in [0.29, 0.717) is 0 Å². The molecule has 0 saturated heterocycles. The second kappa shape index (κ2) is 7.91. The quantitative estimate of drug-likeness (QED) is 0.741. The van der Waals surface area contributed by atoms with E-state index in [1.807, 2.05) is 33.8 Å². The van der Waals surface area contributed by atoms with Gasteiger partial charge in [-0.25, -0.2) is 4.79 Å². The highest BCUT2D eigenvalue weighted by molar-refractivity contribution is 5.95. The van der Waals surface area contributed by atoms with Gasteiger partial charge >= 0.3 is 5.97 Å². The van der Waals surface area contributed by atoms with Crippen LogP contribution in [0, 0.1) is 18.3 Å². The van der Waals surface area contributed by atoms with Crippen molar-refractivity contribution < 1.29 is 18.7 Å². The summed E-state index contributed by atoms with van der Waals surface area (Å²) in [5.74, 6) is -0.512. The lowest BCUT2D eigenvalue weighted by Crippen LogP contribution is -2.44. The van der Waals surface area contributed by atoms with Crippen LogP contribution in [0.2, 0.25) is 0 Å². The van der Waals surface area contributed by atoms with Crippen LogP contribution >= 0.6 is 0 Å². The van der Waals surface area contributed by atoms with Gasteiger partial charge in [0.1, 0.15) is 23.0 Å². The van der Waals surface area contributed by atoms with Crippen molar-refractivity contribution in [2.24, 2.45) is 0 Å². The molecule has 2 heterocycles. The third-order valence-electron chi connectivity index (χ3n) is 3.95. The topological polar surface area (TPSA) is 88.5 Å². The number of carbonyl (C=O) groups is 2. The van der Waals surface area contributed by atoms with Gasteiger partial charge in [-0.05, 0) is 46.8 Å². The van der Waals surface area contributed by atoms with Crippen molar-refractivity contribution in [3.63, 3.8) is 0 Å². The largest absolute Gasteiger partial charge is 0.452 e. The molecule has 0 spiro atoms. The van der Waals surface area contributed by atoms with Crippen molar-refractivity contribution in [1.29, 1.82) is 5.26 Å². The highest BCUT2D eigenvalue weighted by Crippen LogP contribution is 2.26. The Morgan fingerprint density at radius 2 is 1.81 bits per heavy atom. The highest BCUT2D eigenvalue weighted by Gasteiger charge is 2.27. The summed E-state index contributed by atoms with van der Waals surface area (Å²) < 4.78 is 12.4. The predicted molar refractivity (Wildman–Crippen MR) is 94.9 cm³/mol. The first-order chi connectivity index (χ1) is 12.3. The van der Waals surface area contributed by atoms with E-state index in [0.717, 1.165) is 0 Å². The van der Waals surface area contributed by atoms with E-state index >= 15 is 0 Å². The zero-order chi connectivity index (χ0) is 19.4. The number of nitriles is 1. The molecule has 2 aromatic rings. The van der Waals surface area contributed by atoms with Gasteiger partial charge in [-0.2, -0.15) is 5.26 Å². The molecule has 26 heavy (non-hydrogen) atoms. The van der Waals surface area contributed by atoms with E-state index in [4.69, 9.17) is 9.15 Å². The number of esters is 1. The summed E-state index contributed by atoms with van der Waals surface area (Å²) in [6, 6.07) is 5.53. The van der Waals surface area contributed by atoms with E-state index in [9.17, 15) is 14.9 Å². The average molecular weight is 357 g/mol. The van der Waals surface area contributed by atoms with Crippen LogP contribution in [-0.4, -0.2) is 40.0 Å². The summed E-state index contributed by atoms with van der Waals surface area (Å²) in [4.78, 5) is 26.5. The zero-order valence-corrected chi connectivity index (χ0v) is 15.6. The molecule has 0 atom stereocenters. The molecule has 0 N–H and O–H groups in total. The molecule has 2 rings (SSSR count). The van der Waals surface area contributed by atoms with Crippen molar-refractivity contribution in [2.45, 2.75) is 46.7 Å². The van der Waals surface area contributed by atoms with Crippen molar-refractivity contribution in [2.75, 3.05) is 6.61 Å². The fourth-order valence-electron chi connectivity index (χ4n) is 2.98. The number of amides is 1. The predicted octanol–water partition coefficient (Wildman–Crippen LogP) is 3.05. The number of furan rings is 1. The van der Waals surface area contributed by atoms with Gasteiger partial charge in [0.05, 0.1) is 0 Å². The second-order valence-electron chi connectivity index (χ2n) is 6.48. The third kappa shape index (κ3) is 3.80. The minimum Gasteiger partial charge on any atom is -0.452 e. The fraction of sp³-hybridized carbons (Fsp3) is 0.421. The molecule has 0 bridgehead atoms. The van der Waals surface area contributed by atoms with Crippen LogP contribution in [0.5, 0.6) is 0 Å². The van der Waals surface area contributed by atoms with Crippen LogP contribution < -0.4 is 0 Å². The molecule has 2 aromatic heterocycles. The van der Waals surface area contributed by atoms with E-state index in [1.54, 1.807) is 40.9 Å². The van der Waals surface area contributed by atoms with E-state index in [-0.39, 0.29) is 47.4 Å². The van der Waals surface area contributed by atoms with Crippen molar-refractivity contribution >= 4 is 11.9 Å². The minimum absolute atomic E-state index is 0.00752. The van der Waals surface area contributed by atoms with Gasteiger partial charge in [0.15, 0.2) is 6.61 Å². The van der Waals surface area contributed by atoms with Crippen molar-refractivity contribution in [3.05, 3.63) is 41.4 Å². The van der Waals surface area contributed by atoms with E-state index in [2.05, 4.69) is 0 Å². The number of hydrogen-bond acceptors (Lipinski definition) is 5. The lowest BCUT2D eigenvalue weighted by molar-refractivity contribution is -0.138. The maximum Gasteiger partial charge on any atom is 0.343 e. The summed E-state index contributed by atoms with van der Waals surface area (Å²) >= 11 is 0. The molecule has 7 heteroatoms. The smallest absolute Gasteiger partial charge is 0.343 e. The Labute approximate surface area is 152 Å². The molecule has 138 valence electrons. The Bertz CT molecular complexity index is 818. The standard InChI is InChI=1S/C19H23N3O4/c1-12(2)22(13(3)4)16(23)11-25-19(24)17-14(5)26-18(15(17)10-20)21-8-6-7-9-21/h6-9,12-13H,11H2,1-5H3. The van der Waals surface area contributed by atoms with Gasteiger partial charge < -0.3 is 14.1 Å². The number of carbonyl (C=O) groups excluding carboxylic acids is 2. The fourth-order valence-corrected chi connectivity index (χ4v) is 2.98. The molecule has 0 unspecified atom stereocenters. The lowest BCUT2D eigenvalue weighted by atomic mass is 10.1. The van der Waals surface area contributed by atoms with Crippen LogP contribution in [0.1, 0.15) is 49.4 Å². The second-order valence-corrected chi connectivity index (χ2v) is 6.48. The molecular formula is C19H23N3O4. The highest BCUT2D eigenvalue weighted by atomic mass is 16.5. The Morgan fingerprint density at radius 3 is 2.31 bits per heavy atom. The number of aromatic nitrogens is 1. The van der Waals surface area contributed by atoms with Crippen LogP contribution in [0.25, 0.3) is 5.88 Å². The van der Waals surface area contributed by atoms with Gasteiger partial charge in [0.2, 0.25) is 5.88 Å². The molecule has 0 aliphatic rings. The van der Waals surface area contributed by atoms with E-state index in [1.165, 1.54) is 0 Å². The Kier molecular flexibility index (Phi) is 5.88. The van der Waals surface area contributed by atoms with Gasteiger partial charge in [0, 0.05) is 24.5 Å². The van der Waals surface area contributed by atoms with Crippen LogP contribution in [0.15, 0.2) is 28.9 Å². The van der Waals surface area contributed by atoms with Crippen molar-refractivity contribution in [3.8, 4) is 12.0 Å². The van der Waals surface area contributed by atoms with Crippen molar-refractivity contribution in [1.82, 2.24) is 9.47 Å². The van der Waals surface area contributed by atoms with Crippen LogP contribution in [-0.2, 0) is 9.53 Å². The van der Waals surface area contributed by atoms with Crippen LogP contribution in [0.4, 0.5) is 0 Å². The maximum absolute atomic E-state index is 12.5. The van der Waals surface area contributed by atoms with Crippen LogP contribution in [0.3, 0.4) is 0 Å². The Morgan fingerprint density at radius 1 is 1.23 bits per heavy atom. The molecule has 0 aromatic carbocycles. The minimum atomic E-state index is -0.748. The molecule has 0 aliphatic heterocycles. The molecule has 0 aliphatic carbocycles. The molecule has 0 radical (unpaired) electrons. The number of aryl methyl sites for hydroxylation is 1. The van der Waals surface area contributed by atoms with Gasteiger partial charge in [-0.15, -0.1) is 0 Å². The third-order valence-corrected chi connectivity index (χ3v) is 3.95. The summed E-state index contributed by atoms with van der Waals surface area (Å²) in [5.41, 5.74) is 0.130. The lowest BCUT2D eigenvalue weighted by Gasteiger charge is -2.30. The summed E-state index contributed by atoms with van der Waals surface area (Å²) in [6.45, 7) is 8.80. The van der Waals surface area contributed by atoms with Gasteiger partial charge in [-0.3, -0.25) is 9.36 Å². The monoisotopic (exact) mass is 357 g/mol. The molecule has 0 saturated carbocycles.